The Morgan fingerprint density at radius 2 is 1.76 bits per heavy atom. The quantitative estimate of drug-likeness (QED) is 0.853. The largest absolute Gasteiger partial charge is 0.352 e. The molecule has 1 aliphatic carbocycles. The highest BCUT2D eigenvalue weighted by Gasteiger charge is 2.33. The first-order valence-corrected chi connectivity index (χ1v) is 10.3. The summed E-state index contributed by atoms with van der Waals surface area (Å²) in [5.41, 5.74) is 2.06. The molecule has 1 amide bonds. The van der Waals surface area contributed by atoms with Crippen molar-refractivity contribution >= 4 is 15.9 Å². The third kappa shape index (κ3) is 4.04. The Balaban J connectivity index is 1.62. The second-order valence-electron chi connectivity index (χ2n) is 7.14. The summed E-state index contributed by atoms with van der Waals surface area (Å²) in [6.45, 7) is 7.76. The summed E-state index contributed by atoms with van der Waals surface area (Å²) in [5.74, 6) is 0.0490. The van der Waals surface area contributed by atoms with Gasteiger partial charge < -0.3 is 5.32 Å². The summed E-state index contributed by atoms with van der Waals surface area (Å²) in [5, 5.41) is 3.02. The molecule has 1 heterocycles. The maximum Gasteiger partial charge on any atom is 0.243 e. The van der Waals surface area contributed by atoms with Crippen molar-refractivity contribution in [3.8, 4) is 0 Å². The van der Waals surface area contributed by atoms with E-state index in [9.17, 15) is 13.2 Å². The molecule has 1 saturated heterocycles. The lowest BCUT2D eigenvalue weighted by molar-refractivity contribution is -0.126. The number of hydrogen-bond acceptors (Lipinski definition) is 4. The number of aryl methyl sites for hydroxylation is 2. The van der Waals surface area contributed by atoms with Crippen molar-refractivity contribution < 1.29 is 13.2 Å². The van der Waals surface area contributed by atoms with E-state index in [0.717, 1.165) is 24.0 Å². The molecular formula is C18H27N3O3S. The van der Waals surface area contributed by atoms with Crippen LogP contribution in [0.4, 0.5) is 0 Å². The lowest BCUT2D eigenvalue weighted by Crippen LogP contribution is -2.55. The smallest absolute Gasteiger partial charge is 0.243 e. The Morgan fingerprint density at radius 1 is 1.12 bits per heavy atom. The number of benzene rings is 1. The van der Waals surface area contributed by atoms with Crippen LogP contribution in [0.15, 0.2) is 23.1 Å². The minimum atomic E-state index is -3.47. The van der Waals surface area contributed by atoms with Gasteiger partial charge in [-0.1, -0.05) is 6.07 Å². The Labute approximate surface area is 150 Å². The van der Waals surface area contributed by atoms with Gasteiger partial charge in [0.2, 0.25) is 15.9 Å². The highest BCUT2D eigenvalue weighted by atomic mass is 32.2. The number of piperazine rings is 1. The van der Waals surface area contributed by atoms with Crippen LogP contribution in [0.3, 0.4) is 0 Å². The topological polar surface area (TPSA) is 69.7 Å². The molecule has 0 radical (unpaired) electrons. The van der Waals surface area contributed by atoms with Gasteiger partial charge in [-0.2, -0.15) is 4.31 Å². The van der Waals surface area contributed by atoms with Crippen molar-refractivity contribution in [2.75, 3.05) is 26.2 Å². The molecule has 1 aromatic carbocycles. The number of carbonyl (C=O) groups excluding carboxylic acids is 1. The molecule has 0 unspecified atom stereocenters. The highest BCUT2D eigenvalue weighted by molar-refractivity contribution is 7.89. The van der Waals surface area contributed by atoms with Crippen molar-refractivity contribution in [3.05, 3.63) is 29.3 Å². The predicted molar refractivity (Wildman–Crippen MR) is 96.9 cm³/mol. The molecule has 6 nitrogen and oxygen atoms in total. The van der Waals surface area contributed by atoms with Gasteiger partial charge in [-0.3, -0.25) is 9.69 Å². The van der Waals surface area contributed by atoms with Gasteiger partial charge in [0.1, 0.15) is 0 Å². The third-order valence-electron chi connectivity index (χ3n) is 5.24. The van der Waals surface area contributed by atoms with Gasteiger partial charge in [0.05, 0.1) is 10.9 Å². The maximum absolute atomic E-state index is 12.8. The second-order valence-corrected chi connectivity index (χ2v) is 9.08. The number of hydrogen-bond donors (Lipinski definition) is 1. The predicted octanol–water partition coefficient (Wildman–Crippen LogP) is 1.28. The summed E-state index contributed by atoms with van der Waals surface area (Å²) in [6.07, 6.45) is 2.14. The van der Waals surface area contributed by atoms with Gasteiger partial charge >= 0.3 is 0 Å². The Hall–Kier alpha value is -1.44. The summed E-state index contributed by atoms with van der Waals surface area (Å²) < 4.78 is 27.2. The summed E-state index contributed by atoms with van der Waals surface area (Å²) in [7, 11) is -3.47. The van der Waals surface area contributed by atoms with E-state index in [1.807, 2.05) is 26.8 Å². The molecular weight excluding hydrogens is 338 g/mol. The van der Waals surface area contributed by atoms with Gasteiger partial charge in [-0.15, -0.1) is 0 Å². The molecule has 138 valence electrons. The van der Waals surface area contributed by atoms with Gasteiger partial charge in [0.25, 0.3) is 0 Å². The van der Waals surface area contributed by atoms with Gasteiger partial charge in [-0.05, 0) is 56.9 Å². The number of carbonyl (C=O) groups is 1. The van der Waals surface area contributed by atoms with E-state index >= 15 is 0 Å². The summed E-state index contributed by atoms with van der Waals surface area (Å²) in [4.78, 5) is 14.6. The van der Waals surface area contributed by atoms with Crippen LogP contribution in [0, 0.1) is 13.8 Å². The number of nitrogens with one attached hydrogen (secondary N) is 1. The summed E-state index contributed by atoms with van der Waals surface area (Å²) >= 11 is 0. The molecule has 1 N–H and O–H groups in total. The Bertz CT molecular complexity index is 751. The number of sulfonamides is 1. The van der Waals surface area contributed by atoms with E-state index in [-0.39, 0.29) is 11.9 Å². The van der Waals surface area contributed by atoms with Crippen molar-refractivity contribution in [1.82, 2.24) is 14.5 Å². The van der Waals surface area contributed by atoms with Crippen molar-refractivity contribution in [1.29, 1.82) is 0 Å². The van der Waals surface area contributed by atoms with Crippen LogP contribution in [-0.4, -0.2) is 61.8 Å². The van der Waals surface area contributed by atoms with E-state index in [2.05, 4.69) is 10.2 Å². The average Bonchev–Trinajstić information content (AvgIpc) is 3.40. The van der Waals surface area contributed by atoms with E-state index in [1.54, 1.807) is 12.1 Å². The van der Waals surface area contributed by atoms with Crippen molar-refractivity contribution in [2.24, 2.45) is 0 Å². The fraction of sp³-hybridized carbons (Fsp3) is 0.611. The molecule has 1 aromatic rings. The van der Waals surface area contributed by atoms with Crippen LogP contribution < -0.4 is 5.32 Å². The van der Waals surface area contributed by atoms with E-state index in [4.69, 9.17) is 0 Å². The molecule has 7 heteroatoms. The van der Waals surface area contributed by atoms with Crippen LogP contribution in [0.2, 0.25) is 0 Å². The zero-order chi connectivity index (χ0) is 18.2. The SMILES string of the molecule is Cc1ccc(S(=O)(=O)N2CCN([C@@H](C)C(=O)NC3CC3)CC2)cc1C. The van der Waals surface area contributed by atoms with Gasteiger partial charge in [-0.25, -0.2) is 8.42 Å². The van der Waals surface area contributed by atoms with Crippen LogP contribution in [0.1, 0.15) is 30.9 Å². The van der Waals surface area contributed by atoms with Crippen molar-refractivity contribution in [3.63, 3.8) is 0 Å². The molecule has 0 aromatic heterocycles. The van der Waals surface area contributed by atoms with Crippen LogP contribution in [-0.2, 0) is 14.8 Å². The second kappa shape index (κ2) is 7.05. The summed E-state index contributed by atoms with van der Waals surface area (Å²) in [6, 6.07) is 5.40. The number of amides is 1. The fourth-order valence-corrected chi connectivity index (χ4v) is 4.58. The Morgan fingerprint density at radius 3 is 2.32 bits per heavy atom. The van der Waals surface area contributed by atoms with Gasteiger partial charge in [0.15, 0.2) is 0 Å². The van der Waals surface area contributed by atoms with E-state index in [0.29, 0.717) is 37.1 Å². The highest BCUT2D eigenvalue weighted by Crippen LogP contribution is 2.22. The minimum absolute atomic E-state index is 0.0490. The Kier molecular flexibility index (Phi) is 5.18. The van der Waals surface area contributed by atoms with Crippen LogP contribution in [0.25, 0.3) is 0 Å². The fourth-order valence-electron chi connectivity index (χ4n) is 3.07. The molecule has 25 heavy (non-hydrogen) atoms. The molecule has 1 atom stereocenters. The lowest BCUT2D eigenvalue weighted by Gasteiger charge is -2.36. The molecule has 1 saturated carbocycles. The standard InChI is InChI=1S/C18H27N3O3S/c1-13-4-7-17(12-14(13)2)25(23,24)21-10-8-20(9-11-21)15(3)18(22)19-16-5-6-16/h4,7,12,15-16H,5-6,8-11H2,1-3H3,(H,19,22)/t15-/m0/s1. The zero-order valence-corrected chi connectivity index (χ0v) is 16.0. The molecule has 2 aliphatic rings. The average molecular weight is 365 g/mol. The molecule has 0 spiro atoms. The van der Waals surface area contributed by atoms with Crippen LogP contribution in [0.5, 0.6) is 0 Å². The third-order valence-corrected chi connectivity index (χ3v) is 7.13. The maximum atomic E-state index is 12.8. The van der Waals surface area contributed by atoms with Crippen molar-refractivity contribution in [2.45, 2.75) is 50.6 Å². The molecule has 0 bridgehead atoms. The normalized spacial score (nSPS) is 21.1. The first-order chi connectivity index (χ1) is 11.8. The van der Waals surface area contributed by atoms with Crippen LogP contribution >= 0.6 is 0 Å². The number of nitrogens with zero attached hydrogens (tertiary/aromatic N) is 2. The zero-order valence-electron chi connectivity index (χ0n) is 15.2. The van der Waals surface area contributed by atoms with E-state index < -0.39 is 10.0 Å². The number of rotatable bonds is 5. The molecule has 3 rings (SSSR count). The first-order valence-electron chi connectivity index (χ1n) is 8.91. The minimum Gasteiger partial charge on any atom is -0.352 e. The van der Waals surface area contributed by atoms with E-state index in [1.165, 1.54) is 4.31 Å². The molecule has 1 aliphatic heterocycles. The molecule has 2 fully saturated rings. The van der Waals surface area contributed by atoms with Gasteiger partial charge in [0, 0.05) is 32.2 Å². The monoisotopic (exact) mass is 365 g/mol. The lowest BCUT2D eigenvalue weighted by atomic mass is 10.1. The first kappa shape index (κ1) is 18.4.